The summed E-state index contributed by atoms with van der Waals surface area (Å²) in [5.41, 5.74) is 0. The van der Waals surface area contributed by atoms with Crippen LogP contribution in [0.25, 0.3) is 0 Å². The molecule has 72 valence electrons. The fourth-order valence-corrected chi connectivity index (χ4v) is 2.54. The van der Waals surface area contributed by atoms with Gasteiger partial charge >= 0.3 is 0 Å². The Bertz CT molecular complexity index is 249. The van der Waals surface area contributed by atoms with E-state index in [4.69, 9.17) is 0 Å². The Morgan fingerprint density at radius 1 is 1.38 bits per heavy atom. The quantitative estimate of drug-likeness (QED) is 0.595. The Morgan fingerprint density at radius 2 is 2.15 bits per heavy atom. The molecule has 0 N–H and O–H groups in total. The number of carbonyl (C=O) groups excluding carboxylic acids is 2. The third kappa shape index (κ3) is 1.60. The van der Waals surface area contributed by atoms with E-state index in [0.717, 1.165) is 18.9 Å². The van der Waals surface area contributed by atoms with Crippen LogP contribution in [-0.2, 0) is 9.59 Å². The largest absolute Gasteiger partial charge is 0.339 e. The summed E-state index contributed by atoms with van der Waals surface area (Å²) in [6, 6.07) is 0.455. The molecule has 0 spiro atoms. The number of piperidine rings is 1. The van der Waals surface area contributed by atoms with Crippen LogP contribution in [-0.4, -0.2) is 29.2 Å². The van der Waals surface area contributed by atoms with Crippen molar-refractivity contribution in [3.63, 3.8) is 0 Å². The zero-order chi connectivity index (χ0) is 9.42. The lowest BCUT2D eigenvalue weighted by atomic mass is 10.1. The molecule has 2 unspecified atom stereocenters. The maximum atomic E-state index is 11.6. The smallest absolute Gasteiger partial charge is 0.230 e. The van der Waals surface area contributed by atoms with Crippen LogP contribution < -0.4 is 0 Å². The molecule has 2 atom stereocenters. The highest BCUT2D eigenvalue weighted by atomic mass is 16.2. The number of fused-ring (bicyclic) bond motifs is 2. The molecule has 2 aliphatic rings. The van der Waals surface area contributed by atoms with Crippen molar-refractivity contribution in [1.29, 1.82) is 0 Å². The first kappa shape index (κ1) is 8.73. The maximum Gasteiger partial charge on any atom is 0.230 e. The van der Waals surface area contributed by atoms with Crippen molar-refractivity contribution in [2.45, 2.75) is 38.6 Å². The molecule has 1 saturated carbocycles. The Kier molecular flexibility index (Phi) is 2.10. The molecule has 3 nitrogen and oxygen atoms in total. The molecule has 0 aromatic heterocycles. The Morgan fingerprint density at radius 3 is 2.62 bits per heavy atom. The van der Waals surface area contributed by atoms with E-state index in [2.05, 4.69) is 0 Å². The van der Waals surface area contributed by atoms with E-state index in [1.165, 1.54) is 19.8 Å². The number of likely N-dealkylation sites (tertiary alicyclic amines) is 1. The minimum Gasteiger partial charge on any atom is -0.339 e. The molecular formula is C10H15NO2. The summed E-state index contributed by atoms with van der Waals surface area (Å²) in [6.07, 6.45) is 3.69. The number of hydrogen-bond donors (Lipinski definition) is 0. The van der Waals surface area contributed by atoms with Crippen LogP contribution in [0.4, 0.5) is 0 Å². The molecule has 0 radical (unpaired) electrons. The number of carbonyl (C=O) groups is 2. The summed E-state index contributed by atoms with van der Waals surface area (Å²) in [6.45, 7) is 2.38. The molecule has 1 amide bonds. The van der Waals surface area contributed by atoms with Gasteiger partial charge in [-0.25, -0.2) is 0 Å². The van der Waals surface area contributed by atoms with Gasteiger partial charge in [-0.1, -0.05) is 0 Å². The van der Waals surface area contributed by atoms with E-state index in [-0.39, 0.29) is 18.1 Å². The predicted molar refractivity (Wildman–Crippen MR) is 48.1 cm³/mol. The second-order valence-corrected chi connectivity index (χ2v) is 4.26. The van der Waals surface area contributed by atoms with E-state index in [9.17, 15) is 9.59 Å². The standard InChI is InChI=1S/C10H15NO2/c1-7(12)4-10(13)11-6-8-2-3-9(11)5-8/h8-9H,2-6H2,1H3. The first-order valence-electron chi connectivity index (χ1n) is 4.95. The van der Waals surface area contributed by atoms with Gasteiger partial charge in [0.1, 0.15) is 5.78 Å². The molecule has 13 heavy (non-hydrogen) atoms. The van der Waals surface area contributed by atoms with E-state index >= 15 is 0 Å². The number of rotatable bonds is 2. The van der Waals surface area contributed by atoms with Crippen LogP contribution in [0.2, 0.25) is 0 Å². The van der Waals surface area contributed by atoms with Gasteiger partial charge in [-0.15, -0.1) is 0 Å². The average Bonchev–Trinajstić information content (AvgIpc) is 2.62. The summed E-state index contributed by atoms with van der Waals surface area (Å²) in [4.78, 5) is 24.2. The molecule has 3 heteroatoms. The van der Waals surface area contributed by atoms with Gasteiger partial charge < -0.3 is 4.90 Å². The lowest BCUT2D eigenvalue weighted by Gasteiger charge is -2.26. The van der Waals surface area contributed by atoms with Crippen molar-refractivity contribution in [3.05, 3.63) is 0 Å². The Balaban J connectivity index is 1.95. The third-order valence-corrected chi connectivity index (χ3v) is 3.13. The van der Waals surface area contributed by atoms with Crippen molar-refractivity contribution in [1.82, 2.24) is 4.90 Å². The minimum absolute atomic E-state index is 0.0206. The van der Waals surface area contributed by atoms with E-state index in [0.29, 0.717) is 6.04 Å². The van der Waals surface area contributed by atoms with Crippen molar-refractivity contribution >= 4 is 11.7 Å². The Labute approximate surface area is 78.1 Å². The molecule has 0 aromatic rings. The van der Waals surface area contributed by atoms with E-state index in [1.807, 2.05) is 4.90 Å². The second kappa shape index (κ2) is 3.13. The van der Waals surface area contributed by atoms with E-state index < -0.39 is 0 Å². The first-order valence-corrected chi connectivity index (χ1v) is 4.95. The highest BCUT2D eigenvalue weighted by Crippen LogP contribution is 2.37. The summed E-state index contributed by atoms with van der Waals surface area (Å²) in [7, 11) is 0. The van der Waals surface area contributed by atoms with Crippen molar-refractivity contribution in [2.24, 2.45) is 5.92 Å². The number of hydrogen-bond acceptors (Lipinski definition) is 2. The zero-order valence-corrected chi connectivity index (χ0v) is 7.95. The van der Waals surface area contributed by atoms with Crippen molar-refractivity contribution in [3.8, 4) is 0 Å². The summed E-state index contributed by atoms with van der Waals surface area (Å²) >= 11 is 0. The number of amides is 1. The monoisotopic (exact) mass is 181 g/mol. The summed E-state index contributed by atoms with van der Waals surface area (Å²) in [5, 5.41) is 0. The highest BCUT2D eigenvalue weighted by Gasteiger charge is 2.39. The first-order chi connectivity index (χ1) is 6.16. The second-order valence-electron chi connectivity index (χ2n) is 4.26. The van der Waals surface area contributed by atoms with Gasteiger partial charge in [-0.2, -0.15) is 0 Å². The SMILES string of the molecule is CC(=O)CC(=O)N1CC2CCC1C2. The lowest BCUT2D eigenvalue weighted by Crippen LogP contribution is -2.38. The highest BCUT2D eigenvalue weighted by molar-refractivity contribution is 5.97. The fraction of sp³-hybridized carbons (Fsp3) is 0.800. The topological polar surface area (TPSA) is 37.4 Å². The van der Waals surface area contributed by atoms with Crippen LogP contribution in [0, 0.1) is 5.92 Å². The van der Waals surface area contributed by atoms with Crippen LogP contribution in [0.5, 0.6) is 0 Å². The van der Waals surface area contributed by atoms with Crippen LogP contribution in [0.3, 0.4) is 0 Å². The molecule has 2 fully saturated rings. The van der Waals surface area contributed by atoms with Gasteiger partial charge in [0.2, 0.25) is 5.91 Å². The van der Waals surface area contributed by atoms with Gasteiger partial charge in [0.25, 0.3) is 0 Å². The molecule has 2 bridgehead atoms. The van der Waals surface area contributed by atoms with Crippen LogP contribution >= 0.6 is 0 Å². The normalized spacial score (nSPS) is 31.0. The predicted octanol–water partition coefficient (Wildman–Crippen LogP) is 0.976. The molecule has 2 rings (SSSR count). The summed E-state index contributed by atoms with van der Waals surface area (Å²) < 4.78 is 0. The van der Waals surface area contributed by atoms with Crippen molar-refractivity contribution < 1.29 is 9.59 Å². The Hall–Kier alpha value is -0.860. The molecular weight excluding hydrogens is 166 g/mol. The molecule has 0 aromatic carbocycles. The molecule has 1 saturated heterocycles. The van der Waals surface area contributed by atoms with Gasteiger partial charge in [-0.3, -0.25) is 9.59 Å². The van der Waals surface area contributed by atoms with Gasteiger partial charge in [0.15, 0.2) is 0 Å². The minimum atomic E-state index is -0.0206. The molecule has 1 heterocycles. The maximum absolute atomic E-state index is 11.6. The molecule has 1 aliphatic heterocycles. The zero-order valence-electron chi connectivity index (χ0n) is 7.95. The fourth-order valence-electron chi connectivity index (χ4n) is 2.54. The molecule has 1 aliphatic carbocycles. The lowest BCUT2D eigenvalue weighted by molar-refractivity contribution is -0.136. The van der Waals surface area contributed by atoms with Crippen LogP contribution in [0.15, 0.2) is 0 Å². The number of ketones is 1. The summed E-state index contributed by atoms with van der Waals surface area (Å²) in [5.74, 6) is 0.744. The third-order valence-electron chi connectivity index (χ3n) is 3.13. The number of Topliss-reactive ketones (excluding diaryl/α,β-unsaturated/α-hetero) is 1. The average molecular weight is 181 g/mol. The van der Waals surface area contributed by atoms with Crippen LogP contribution in [0.1, 0.15) is 32.6 Å². The van der Waals surface area contributed by atoms with Gasteiger partial charge in [0.05, 0.1) is 6.42 Å². The van der Waals surface area contributed by atoms with E-state index in [1.54, 1.807) is 0 Å². The number of nitrogens with zero attached hydrogens (tertiary/aromatic N) is 1. The van der Waals surface area contributed by atoms with Gasteiger partial charge in [-0.05, 0) is 32.1 Å². The van der Waals surface area contributed by atoms with Gasteiger partial charge in [0, 0.05) is 12.6 Å². The van der Waals surface area contributed by atoms with Crippen molar-refractivity contribution in [2.75, 3.05) is 6.54 Å².